The van der Waals surface area contributed by atoms with Crippen LogP contribution in [-0.2, 0) is 23.0 Å². The Labute approximate surface area is 155 Å². The molecule has 26 heavy (non-hydrogen) atoms. The van der Waals surface area contributed by atoms with Crippen molar-refractivity contribution < 1.29 is 22.0 Å². The number of hydrogen-bond acceptors (Lipinski definition) is 5. The molecular formula is C18H18FNO4S2. The molecule has 0 amide bonds. The van der Waals surface area contributed by atoms with Gasteiger partial charge in [0.05, 0.1) is 19.6 Å². The highest BCUT2D eigenvalue weighted by molar-refractivity contribution is 7.89. The molecule has 0 N–H and O–H groups in total. The zero-order valence-corrected chi connectivity index (χ0v) is 15.7. The summed E-state index contributed by atoms with van der Waals surface area (Å²) >= 11 is 1.56. The van der Waals surface area contributed by atoms with E-state index in [0.29, 0.717) is 6.42 Å². The van der Waals surface area contributed by atoms with Gasteiger partial charge >= 0.3 is 0 Å². The second-order valence-corrected chi connectivity index (χ2v) is 8.53. The van der Waals surface area contributed by atoms with Crippen LogP contribution in [0, 0.1) is 5.82 Å². The maximum Gasteiger partial charge on any atom is 0.247 e. The fourth-order valence-electron chi connectivity index (χ4n) is 2.55. The van der Waals surface area contributed by atoms with Crippen LogP contribution in [0.4, 0.5) is 4.39 Å². The molecule has 1 aromatic carbocycles. The Morgan fingerprint density at radius 1 is 1.27 bits per heavy atom. The van der Waals surface area contributed by atoms with Crippen molar-refractivity contribution in [2.24, 2.45) is 0 Å². The van der Waals surface area contributed by atoms with Crippen molar-refractivity contribution in [1.29, 1.82) is 0 Å². The van der Waals surface area contributed by atoms with Gasteiger partial charge in [-0.2, -0.15) is 4.31 Å². The van der Waals surface area contributed by atoms with Crippen molar-refractivity contribution in [2.45, 2.75) is 17.9 Å². The van der Waals surface area contributed by atoms with Gasteiger partial charge in [-0.25, -0.2) is 12.8 Å². The molecule has 0 aliphatic carbocycles. The van der Waals surface area contributed by atoms with Gasteiger partial charge < -0.3 is 9.15 Å². The Hall–Kier alpha value is -2.16. The maximum atomic E-state index is 13.7. The smallest absolute Gasteiger partial charge is 0.247 e. The summed E-state index contributed by atoms with van der Waals surface area (Å²) in [7, 11) is -2.60. The quantitative estimate of drug-likeness (QED) is 0.580. The Bertz CT molecular complexity index is 938. The maximum absolute atomic E-state index is 13.7. The molecule has 2 aromatic heterocycles. The molecule has 0 saturated carbocycles. The largest absolute Gasteiger partial charge is 0.495 e. The van der Waals surface area contributed by atoms with Crippen LogP contribution in [-0.4, -0.2) is 26.4 Å². The number of halogens is 1. The van der Waals surface area contributed by atoms with Crippen molar-refractivity contribution in [2.75, 3.05) is 13.7 Å². The number of furan rings is 1. The van der Waals surface area contributed by atoms with Gasteiger partial charge in [-0.1, -0.05) is 6.07 Å². The van der Waals surface area contributed by atoms with Crippen molar-refractivity contribution in [1.82, 2.24) is 4.31 Å². The number of rotatable bonds is 8. The summed E-state index contributed by atoms with van der Waals surface area (Å²) in [5, 5.41) is 1.94. The molecule has 0 saturated heterocycles. The molecule has 138 valence electrons. The molecule has 0 fully saturated rings. The summed E-state index contributed by atoms with van der Waals surface area (Å²) in [5.74, 6) is -0.523. The number of thiophene rings is 1. The SMILES string of the molecule is COc1ccc(F)cc1S(=O)(=O)N(CCc1cccs1)Cc1ccoc1. The third kappa shape index (κ3) is 4.14. The fraction of sp³-hybridized carbons (Fsp3) is 0.222. The third-order valence-electron chi connectivity index (χ3n) is 3.87. The molecule has 0 aliphatic rings. The lowest BCUT2D eigenvalue weighted by molar-refractivity contribution is 0.385. The van der Waals surface area contributed by atoms with E-state index >= 15 is 0 Å². The normalized spacial score (nSPS) is 11.8. The van der Waals surface area contributed by atoms with Crippen molar-refractivity contribution >= 4 is 21.4 Å². The average molecular weight is 395 g/mol. The van der Waals surface area contributed by atoms with Crippen molar-refractivity contribution in [3.63, 3.8) is 0 Å². The highest BCUT2D eigenvalue weighted by Gasteiger charge is 2.28. The van der Waals surface area contributed by atoms with E-state index < -0.39 is 15.8 Å². The standard InChI is InChI=1S/C18H18FNO4S2/c1-23-17-5-4-15(19)11-18(17)26(21,22)20(12-14-7-9-24-13-14)8-6-16-3-2-10-25-16/h2-5,7,9-11,13H,6,8,12H2,1H3. The molecule has 0 radical (unpaired) electrons. The highest BCUT2D eigenvalue weighted by Crippen LogP contribution is 2.29. The molecule has 0 bridgehead atoms. The zero-order chi connectivity index (χ0) is 18.6. The number of benzene rings is 1. The Kier molecular flexibility index (Phi) is 5.75. The fourth-order valence-corrected chi connectivity index (χ4v) is 4.85. The lowest BCUT2D eigenvalue weighted by Gasteiger charge is -2.22. The van der Waals surface area contributed by atoms with Crippen LogP contribution in [0.2, 0.25) is 0 Å². The molecule has 5 nitrogen and oxygen atoms in total. The van der Waals surface area contributed by atoms with E-state index in [2.05, 4.69) is 0 Å². The monoisotopic (exact) mass is 395 g/mol. The molecule has 8 heteroatoms. The van der Waals surface area contributed by atoms with Gasteiger partial charge in [-0.3, -0.25) is 0 Å². The van der Waals surface area contributed by atoms with E-state index in [9.17, 15) is 12.8 Å². The van der Waals surface area contributed by atoms with Gasteiger partial charge in [0.15, 0.2) is 0 Å². The van der Waals surface area contributed by atoms with Gasteiger partial charge in [0, 0.05) is 23.5 Å². The highest BCUT2D eigenvalue weighted by atomic mass is 32.2. The van der Waals surface area contributed by atoms with Crippen LogP contribution < -0.4 is 4.74 Å². The predicted molar refractivity (Wildman–Crippen MR) is 97.3 cm³/mol. The van der Waals surface area contributed by atoms with E-state index in [0.717, 1.165) is 16.5 Å². The summed E-state index contributed by atoms with van der Waals surface area (Å²) in [6.45, 7) is 0.386. The van der Waals surface area contributed by atoms with E-state index in [1.54, 1.807) is 17.4 Å². The first kappa shape index (κ1) is 18.6. The molecule has 0 aliphatic heterocycles. The zero-order valence-electron chi connectivity index (χ0n) is 14.1. The number of ether oxygens (including phenoxy) is 1. The summed E-state index contributed by atoms with van der Waals surface area (Å²) in [5.41, 5.74) is 0.718. The van der Waals surface area contributed by atoms with Crippen LogP contribution in [0.3, 0.4) is 0 Å². The van der Waals surface area contributed by atoms with E-state index in [-0.39, 0.29) is 23.7 Å². The summed E-state index contributed by atoms with van der Waals surface area (Å²) in [4.78, 5) is 0.887. The van der Waals surface area contributed by atoms with Crippen molar-refractivity contribution in [3.05, 3.63) is 70.6 Å². The number of methoxy groups -OCH3 is 1. The molecule has 0 unspecified atom stereocenters. The topological polar surface area (TPSA) is 59.8 Å². The summed E-state index contributed by atoms with van der Waals surface area (Å²) in [6.07, 6.45) is 3.55. The van der Waals surface area contributed by atoms with Gasteiger partial charge in [-0.05, 0) is 42.1 Å². The molecule has 3 aromatic rings. The lowest BCUT2D eigenvalue weighted by atomic mass is 10.3. The number of nitrogens with zero attached hydrogens (tertiary/aromatic N) is 1. The van der Waals surface area contributed by atoms with E-state index in [1.807, 2.05) is 17.5 Å². The Balaban J connectivity index is 1.94. The van der Waals surface area contributed by atoms with Crippen LogP contribution in [0.25, 0.3) is 0 Å². The first-order valence-electron chi connectivity index (χ1n) is 7.88. The average Bonchev–Trinajstić information content (AvgIpc) is 3.32. The van der Waals surface area contributed by atoms with Gasteiger partial charge in [0.25, 0.3) is 0 Å². The first-order valence-corrected chi connectivity index (χ1v) is 10.2. The number of sulfonamides is 1. The van der Waals surface area contributed by atoms with E-state index in [4.69, 9.17) is 9.15 Å². The van der Waals surface area contributed by atoms with Crippen LogP contribution in [0.1, 0.15) is 10.4 Å². The lowest BCUT2D eigenvalue weighted by Crippen LogP contribution is -2.32. The molecular weight excluding hydrogens is 377 g/mol. The first-order chi connectivity index (χ1) is 12.5. The summed E-state index contributed by atoms with van der Waals surface area (Å²) in [6, 6.07) is 9.06. The van der Waals surface area contributed by atoms with Crippen LogP contribution in [0.15, 0.2) is 63.6 Å². The second-order valence-electron chi connectivity index (χ2n) is 5.59. The van der Waals surface area contributed by atoms with Crippen LogP contribution >= 0.6 is 11.3 Å². The number of hydrogen-bond donors (Lipinski definition) is 0. The molecule has 0 spiro atoms. The second kappa shape index (κ2) is 8.03. The van der Waals surface area contributed by atoms with Crippen LogP contribution in [0.5, 0.6) is 5.75 Å². The predicted octanol–water partition coefficient (Wildman–Crippen LogP) is 3.92. The minimum absolute atomic E-state index is 0.111. The summed E-state index contributed by atoms with van der Waals surface area (Å²) < 4.78 is 51.6. The minimum Gasteiger partial charge on any atom is -0.495 e. The Morgan fingerprint density at radius 3 is 2.77 bits per heavy atom. The molecule has 0 atom stereocenters. The van der Waals surface area contributed by atoms with E-state index in [1.165, 1.54) is 36.1 Å². The third-order valence-corrected chi connectivity index (χ3v) is 6.67. The van der Waals surface area contributed by atoms with Gasteiger partial charge in [-0.15, -0.1) is 11.3 Å². The molecule has 2 heterocycles. The Morgan fingerprint density at radius 2 is 2.12 bits per heavy atom. The van der Waals surface area contributed by atoms with Crippen molar-refractivity contribution in [3.8, 4) is 5.75 Å². The minimum atomic E-state index is -3.96. The van der Waals surface area contributed by atoms with Gasteiger partial charge in [0.1, 0.15) is 16.5 Å². The van der Waals surface area contributed by atoms with Gasteiger partial charge in [0.2, 0.25) is 10.0 Å². The molecule has 3 rings (SSSR count).